The lowest BCUT2D eigenvalue weighted by Crippen LogP contribution is -2.00. The van der Waals surface area contributed by atoms with Crippen LogP contribution in [0.5, 0.6) is 5.75 Å². The van der Waals surface area contributed by atoms with Crippen LogP contribution in [-0.2, 0) is 0 Å². The SMILES string of the molecule is Cc1c(O)cccc1-c1nnc2ccc(C(=O)O)cn12. The van der Waals surface area contributed by atoms with Gasteiger partial charge in [0.25, 0.3) is 0 Å². The molecule has 100 valence electrons. The number of aromatic carboxylic acids is 1. The molecule has 0 aliphatic rings. The summed E-state index contributed by atoms with van der Waals surface area (Å²) in [6.07, 6.45) is 1.47. The Hall–Kier alpha value is -2.89. The van der Waals surface area contributed by atoms with E-state index in [2.05, 4.69) is 10.2 Å². The van der Waals surface area contributed by atoms with E-state index in [4.69, 9.17) is 5.11 Å². The van der Waals surface area contributed by atoms with Crippen molar-refractivity contribution in [3.05, 3.63) is 47.7 Å². The Kier molecular flexibility index (Phi) is 2.64. The Bertz CT molecular complexity index is 824. The molecular formula is C14H11N3O3. The smallest absolute Gasteiger partial charge is 0.337 e. The molecule has 3 rings (SSSR count). The van der Waals surface area contributed by atoms with Gasteiger partial charge in [0.2, 0.25) is 0 Å². The van der Waals surface area contributed by atoms with E-state index in [1.165, 1.54) is 12.3 Å². The van der Waals surface area contributed by atoms with Gasteiger partial charge in [-0.1, -0.05) is 12.1 Å². The van der Waals surface area contributed by atoms with E-state index in [1.54, 1.807) is 35.6 Å². The van der Waals surface area contributed by atoms with Gasteiger partial charge < -0.3 is 10.2 Å². The molecule has 20 heavy (non-hydrogen) atoms. The summed E-state index contributed by atoms with van der Waals surface area (Å²) in [6.45, 7) is 1.77. The third kappa shape index (κ3) is 1.78. The molecule has 0 bridgehead atoms. The molecule has 6 heteroatoms. The van der Waals surface area contributed by atoms with Gasteiger partial charge in [-0.25, -0.2) is 4.79 Å². The van der Waals surface area contributed by atoms with Crippen LogP contribution in [-0.4, -0.2) is 30.8 Å². The summed E-state index contributed by atoms with van der Waals surface area (Å²) in [4.78, 5) is 11.0. The maximum absolute atomic E-state index is 11.0. The van der Waals surface area contributed by atoms with E-state index >= 15 is 0 Å². The molecule has 0 fully saturated rings. The minimum Gasteiger partial charge on any atom is -0.508 e. The van der Waals surface area contributed by atoms with Gasteiger partial charge in [-0.15, -0.1) is 10.2 Å². The van der Waals surface area contributed by atoms with Crippen molar-refractivity contribution < 1.29 is 15.0 Å². The fourth-order valence-electron chi connectivity index (χ4n) is 2.07. The summed E-state index contributed by atoms with van der Waals surface area (Å²) in [7, 11) is 0. The lowest BCUT2D eigenvalue weighted by molar-refractivity contribution is 0.0696. The molecule has 0 radical (unpaired) electrons. The van der Waals surface area contributed by atoms with E-state index in [0.29, 0.717) is 22.6 Å². The third-order valence-corrected chi connectivity index (χ3v) is 3.20. The number of aromatic nitrogens is 3. The average molecular weight is 269 g/mol. The van der Waals surface area contributed by atoms with Gasteiger partial charge in [0.15, 0.2) is 11.5 Å². The largest absolute Gasteiger partial charge is 0.508 e. The first kappa shape index (κ1) is 12.2. The summed E-state index contributed by atoms with van der Waals surface area (Å²) in [6, 6.07) is 8.17. The van der Waals surface area contributed by atoms with Crippen molar-refractivity contribution in [3.63, 3.8) is 0 Å². The molecule has 0 spiro atoms. The number of phenolic OH excluding ortho intramolecular Hbond substituents is 1. The van der Waals surface area contributed by atoms with Gasteiger partial charge in [-0.3, -0.25) is 4.40 Å². The summed E-state index contributed by atoms with van der Waals surface area (Å²) >= 11 is 0. The number of hydrogen-bond acceptors (Lipinski definition) is 4. The first-order chi connectivity index (χ1) is 9.58. The molecule has 3 aromatic rings. The molecule has 2 aromatic heterocycles. The number of hydrogen-bond donors (Lipinski definition) is 2. The molecule has 0 aliphatic heterocycles. The number of phenols is 1. The Morgan fingerprint density at radius 1 is 1.20 bits per heavy atom. The van der Waals surface area contributed by atoms with E-state index < -0.39 is 5.97 Å². The van der Waals surface area contributed by atoms with Gasteiger partial charge >= 0.3 is 5.97 Å². The number of rotatable bonds is 2. The van der Waals surface area contributed by atoms with Crippen LogP contribution in [0, 0.1) is 6.92 Å². The summed E-state index contributed by atoms with van der Waals surface area (Å²) in [5.41, 5.74) is 2.08. The van der Waals surface area contributed by atoms with Crippen LogP contribution >= 0.6 is 0 Å². The second-order valence-electron chi connectivity index (χ2n) is 4.42. The second kappa shape index (κ2) is 4.34. The molecule has 2 N–H and O–H groups in total. The number of fused-ring (bicyclic) bond motifs is 1. The Morgan fingerprint density at radius 3 is 2.75 bits per heavy atom. The predicted molar refractivity (Wildman–Crippen MR) is 71.8 cm³/mol. The monoisotopic (exact) mass is 269 g/mol. The second-order valence-corrected chi connectivity index (χ2v) is 4.42. The van der Waals surface area contributed by atoms with Crippen LogP contribution in [0.15, 0.2) is 36.5 Å². The Balaban J connectivity index is 2.28. The van der Waals surface area contributed by atoms with Gasteiger partial charge in [0, 0.05) is 17.3 Å². The Labute approximate surface area is 113 Å². The lowest BCUT2D eigenvalue weighted by atomic mass is 10.1. The topological polar surface area (TPSA) is 87.7 Å². The van der Waals surface area contributed by atoms with Gasteiger partial charge in [-0.2, -0.15) is 0 Å². The third-order valence-electron chi connectivity index (χ3n) is 3.20. The predicted octanol–water partition coefficient (Wildman–Crippen LogP) is 2.11. The number of carboxylic acids is 1. The van der Waals surface area contributed by atoms with E-state index in [-0.39, 0.29) is 11.3 Å². The number of carboxylic acid groups (broad SMARTS) is 1. The maximum atomic E-state index is 11.0. The first-order valence-electron chi connectivity index (χ1n) is 5.95. The molecule has 1 aromatic carbocycles. The molecule has 0 aliphatic carbocycles. The van der Waals surface area contributed by atoms with Crippen LogP contribution in [0.4, 0.5) is 0 Å². The summed E-state index contributed by atoms with van der Waals surface area (Å²) in [5, 5.41) is 26.9. The zero-order chi connectivity index (χ0) is 14.3. The highest BCUT2D eigenvalue weighted by Gasteiger charge is 2.14. The Morgan fingerprint density at radius 2 is 2.00 bits per heavy atom. The fraction of sp³-hybridized carbons (Fsp3) is 0.0714. The van der Waals surface area contributed by atoms with Crippen LogP contribution in [0.2, 0.25) is 0 Å². The normalized spacial score (nSPS) is 10.8. The zero-order valence-electron chi connectivity index (χ0n) is 10.6. The molecule has 0 saturated carbocycles. The number of pyridine rings is 1. The van der Waals surface area contributed by atoms with E-state index in [9.17, 15) is 9.90 Å². The van der Waals surface area contributed by atoms with Crippen molar-refractivity contribution in [2.24, 2.45) is 0 Å². The first-order valence-corrected chi connectivity index (χ1v) is 5.95. The summed E-state index contributed by atoms with van der Waals surface area (Å²) in [5.74, 6) is -0.357. The van der Waals surface area contributed by atoms with Crippen molar-refractivity contribution in [1.82, 2.24) is 14.6 Å². The van der Waals surface area contributed by atoms with Crippen molar-refractivity contribution in [2.75, 3.05) is 0 Å². The minimum absolute atomic E-state index is 0.149. The fourth-order valence-corrected chi connectivity index (χ4v) is 2.07. The van der Waals surface area contributed by atoms with Crippen LogP contribution < -0.4 is 0 Å². The van der Waals surface area contributed by atoms with Crippen LogP contribution in [0.1, 0.15) is 15.9 Å². The number of benzene rings is 1. The highest BCUT2D eigenvalue weighted by atomic mass is 16.4. The molecular weight excluding hydrogens is 258 g/mol. The molecule has 0 amide bonds. The summed E-state index contributed by atoms with van der Waals surface area (Å²) < 4.78 is 1.60. The standard InChI is InChI=1S/C14H11N3O3/c1-8-10(3-2-4-11(8)18)13-16-15-12-6-5-9(14(19)20)7-17(12)13/h2-7,18H,1H3,(H,19,20). The van der Waals surface area contributed by atoms with Gasteiger partial charge in [-0.05, 0) is 25.1 Å². The van der Waals surface area contributed by atoms with Crippen molar-refractivity contribution >= 4 is 11.6 Å². The number of aromatic hydroxyl groups is 1. The number of nitrogens with zero attached hydrogens (tertiary/aromatic N) is 3. The van der Waals surface area contributed by atoms with Crippen LogP contribution in [0.3, 0.4) is 0 Å². The van der Waals surface area contributed by atoms with Crippen molar-refractivity contribution in [2.45, 2.75) is 6.92 Å². The molecule has 0 atom stereocenters. The highest BCUT2D eigenvalue weighted by Crippen LogP contribution is 2.28. The molecule has 2 heterocycles. The van der Waals surface area contributed by atoms with Crippen molar-refractivity contribution in [3.8, 4) is 17.1 Å². The molecule has 0 unspecified atom stereocenters. The van der Waals surface area contributed by atoms with Gasteiger partial charge in [0.05, 0.1) is 5.56 Å². The molecule has 6 nitrogen and oxygen atoms in total. The van der Waals surface area contributed by atoms with E-state index in [1.807, 2.05) is 0 Å². The average Bonchev–Trinajstić information content (AvgIpc) is 2.84. The maximum Gasteiger partial charge on any atom is 0.337 e. The lowest BCUT2D eigenvalue weighted by Gasteiger charge is -2.06. The zero-order valence-corrected chi connectivity index (χ0v) is 10.6. The quantitative estimate of drug-likeness (QED) is 0.744. The number of carbonyl (C=O) groups is 1. The van der Waals surface area contributed by atoms with Crippen molar-refractivity contribution in [1.29, 1.82) is 0 Å². The van der Waals surface area contributed by atoms with Gasteiger partial charge in [0.1, 0.15) is 5.75 Å². The molecule has 0 saturated heterocycles. The van der Waals surface area contributed by atoms with E-state index in [0.717, 1.165) is 0 Å². The highest BCUT2D eigenvalue weighted by molar-refractivity contribution is 5.87. The van der Waals surface area contributed by atoms with Crippen LogP contribution in [0.25, 0.3) is 17.0 Å². The minimum atomic E-state index is -1.01.